The summed E-state index contributed by atoms with van der Waals surface area (Å²) in [6.45, 7) is 2.02. The van der Waals surface area contributed by atoms with Gasteiger partial charge in [-0.1, -0.05) is 47.1 Å². The van der Waals surface area contributed by atoms with Gasteiger partial charge in [0.05, 0.1) is 16.1 Å². The number of aromatic nitrogens is 2. The van der Waals surface area contributed by atoms with Crippen LogP contribution >= 0.6 is 0 Å². The number of carbonyl (C=O) groups excluding carboxylic acids is 1. The van der Waals surface area contributed by atoms with Gasteiger partial charge in [0, 0.05) is 0 Å². The number of nitrogens with one attached hydrogen (secondary N) is 2. The van der Waals surface area contributed by atoms with Crippen LogP contribution in [0, 0.1) is 6.92 Å². The maximum atomic E-state index is 12.9. The van der Waals surface area contributed by atoms with E-state index >= 15 is 0 Å². The van der Waals surface area contributed by atoms with Crippen molar-refractivity contribution >= 4 is 27.6 Å². The SMILES string of the molecule is Cc1ccc(S(=O)(=O)Nc2ccccc2C(=O)Nc2nnc(C3COc4ccccc4O3)o2)cc1. The summed E-state index contributed by atoms with van der Waals surface area (Å²) in [5.74, 6) is 0.653. The van der Waals surface area contributed by atoms with Crippen molar-refractivity contribution in [2.24, 2.45) is 0 Å². The van der Waals surface area contributed by atoms with Gasteiger partial charge in [0.2, 0.25) is 6.10 Å². The third-order valence-electron chi connectivity index (χ3n) is 5.19. The second kappa shape index (κ2) is 9.11. The van der Waals surface area contributed by atoms with Crippen molar-refractivity contribution in [3.8, 4) is 11.5 Å². The average molecular weight is 493 g/mol. The lowest BCUT2D eigenvalue weighted by molar-refractivity contribution is 0.0716. The third kappa shape index (κ3) is 4.80. The number of hydrogen-bond donors (Lipinski definition) is 2. The van der Waals surface area contributed by atoms with Gasteiger partial charge < -0.3 is 13.9 Å². The first-order valence-electron chi connectivity index (χ1n) is 10.6. The van der Waals surface area contributed by atoms with Gasteiger partial charge in [-0.2, -0.15) is 0 Å². The van der Waals surface area contributed by atoms with Crippen LogP contribution in [0.4, 0.5) is 11.7 Å². The second-order valence-corrected chi connectivity index (χ2v) is 9.41. The first kappa shape index (κ1) is 22.4. The van der Waals surface area contributed by atoms with Crippen LogP contribution in [0.25, 0.3) is 0 Å². The summed E-state index contributed by atoms with van der Waals surface area (Å²) in [6.07, 6.45) is -0.642. The fraction of sp³-hybridized carbons (Fsp3) is 0.125. The van der Waals surface area contributed by atoms with E-state index in [9.17, 15) is 13.2 Å². The summed E-state index contributed by atoms with van der Waals surface area (Å²) in [7, 11) is -3.91. The van der Waals surface area contributed by atoms with Gasteiger partial charge in [-0.3, -0.25) is 14.8 Å². The van der Waals surface area contributed by atoms with E-state index in [0.29, 0.717) is 11.5 Å². The Labute approximate surface area is 201 Å². The largest absolute Gasteiger partial charge is 0.485 e. The summed E-state index contributed by atoms with van der Waals surface area (Å²) in [4.78, 5) is 13.0. The Balaban J connectivity index is 1.31. The Morgan fingerprint density at radius 1 is 0.943 bits per heavy atom. The van der Waals surface area contributed by atoms with E-state index < -0.39 is 22.0 Å². The zero-order chi connectivity index (χ0) is 24.4. The molecule has 2 N–H and O–H groups in total. The number of hydrogen-bond acceptors (Lipinski definition) is 8. The van der Waals surface area contributed by atoms with Crippen LogP contribution in [0.15, 0.2) is 82.1 Å². The zero-order valence-electron chi connectivity index (χ0n) is 18.5. The second-order valence-electron chi connectivity index (χ2n) is 7.73. The molecule has 3 aromatic carbocycles. The van der Waals surface area contributed by atoms with Crippen LogP contribution in [0.5, 0.6) is 11.5 Å². The summed E-state index contributed by atoms with van der Waals surface area (Å²) >= 11 is 0. The molecule has 178 valence electrons. The number of sulfonamides is 1. The molecule has 0 aliphatic carbocycles. The summed E-state index contributed by atoms with van der Waals surface area (Å²) in [6, 6.07) is 19.6. The molecule has 1 atom stereocenters. The standard InChI is InChI=1S/C24H20N4O6S/c1-15-10-12-16(13-11-15)35(30,31)28-18-7-3-2-6-17(18)22(29)25-24-27-26-23(34-24)21-14-32-19-8-4-5-9-20(19)33-21/h2-13,21,28H,14H2,1H3,(H,25,27,29). The quantitative estimate of drug-likeness (QED) is 0.414. The summed E-state index contributed by atoms with van der Waals surface area (Å²) in [5.41, 5.74) is 1.11. The van der Waals surface area contributed by atoms with E-state index in [-0.39, 0.29) is 34.7 Å². The van der Waals surface area contributed by atoms with Crippen LogP contribution in [-0.2, 0) is 10.0 Å². The first-order chi connectivity index (χ1) is 16.9. The van der Waals surface area contributed by atoms with Crippen molar-refractivity contribution in [2.75, 3.05) is 16.6 Å². The minimum Gasteiger partial charge on any atom is -0.485 e. The van der Waals surface area contributed by atoms with Crippen LogP contribution in [0.2, 0.25) is 0 Å². The molecule has 0 bridgehead atoms. The highest BCUT2D eigenvalue weighted by Crippen LogP contribution is 2.35. The van der Waals surface area contributed by atoms with Gasteiger partial charge in [-0.05, 0) is 43.3 Å². The van der Waals surface area contributed by atoms with E-state index in [0.717, 1.165) is 5.56 Å². The smallest absolute Gasteiger partial charge is 0.322 e. The molecule has 1 aliphatic heterocycles. The zero-order valence-corrected chi connectivity index (χ0v) is 19.3. The van der Waals surface area contributed by atoms with E-state index in [1.807, 2.05) is 19.1 Å². The summed E-state index contributed by atoms with van der Waals surface area (Å²) < 4.78 is 45.1. The molecule has 0 spiro atoms. The molecule has 5 rings (SSSR count). The van der Waals surface area contributed by atoms with Crippen molar-refractivity contribution < 1.29 is 27.1 Å². The average Bonchev–Trinajstić information content (AvgIpc) is 3.32. The van der Waals surface area contributed by atoms with E-state index in [1.165, 1.54) is 24.3 Å². The van der Waals surface area contributed by atoms with Crippen LogP contribution < -0.4 is 19.5 Å². The van der Waals surface area contributed by atoms with Gasteiger partial charge in [0.25, 0.3) is 21.8 Å². The number of rotatable bonds is 6. The van der Waals surface area contributed by atoms with E-state index in [1.54, 1.807) is 36.4 Å². The molecule has 11 heteroatoms. The van der Waals surface area contributed by atoms with Crippen molar-refractivity contribution in [1.82, 2.24) is 10.2 Å². The lowest BCUT2D eigenvalue weighted by Gasteiger charge is -2.23. The monoisotopic (exact) mass is 492 g/mol. The number of para-hydroxylation sites is 3. The van der Waals surface area contributed by atoms with Crippen molar-refractivity contribution in [2.45, 2.75) is 17.9 Å². The van der Waals surface area contributed by atoms with Crippen LogP contribution in [0.3, 0.4) is 0 Å². The number of fused-ring (bicyclic) bond motifs is 1. The molecule has 0 fully saturated rings. The van der Waals surface area contributed by atoms with Crippen molar-refractivity contribution in [3.05, 3.63) is 89.8 Å². The molecule has 1 amide bonds. The number of aryl methyl sites for hydroxylation is 1. The Bertz CT molecular complexity index is 1480. The Hall–Kier alpha value is -4.38. The number of carbonyl (C=O) groups is 1. The number of amides is 1. The van der Waals surface area contributed by atoms with Gasteiger partial charge in [0.15, 0.2) is 11.5 Å². The minimum atomic E-state index is -3.91. The molecule has 35 heavy (non-hydrogen) atoms. The lowest BCUT2D eigenvalue weighted by atomic mass is 10.2. The highest BCUT2D eigenvalue weighted by atomic mass is 32.2. The number of anilines is 2. The molecule has 1 unspecified atom stereocenters. The molecule has 1 aliphatic rings. The van der Waals surface area contributed by atoms with Crippen molar-refractivity contribution in [3.63, 3.8) is 0 Å². The third-order valence-corrected chi connectivity index (χ3v) is 6.57. The van der Waals surface area contributed by atoms with Crippen molar-refractivity contribution in [1.29, 1.82) is 0 Å². The Kier molecular flexibility index (Phi) is 5.83. The maximum absolute atomic E-state index is 12.9. The molecule has 1 aromatic heterocycles. The predicted octanol–water partition coefficient (Wildman–Crippen LogP) is 3.94. The first-order valence-corrected chi connectivity index (χ1v) is 12.1. The van der Waals surface area contributed by atoms with Gasteiger partial charge in [-0.25, -0.2) is 8.42 Å². The van der Waals surface area contributed by atoms with Crippen LogP contribution in [-0.4, -0.2) is 31.1 Å². The molecular formula is C24H20N4O6S. The van der Waals surface area contributed by atoms with E-state index in [4.69, 9.17) is 13.9 Å². The van der Waals surface area contributed by atoms with Gasteiger partial charge in [-0.15, -0.1) is 5.10 Å². The minimum absolute atomic E-state index is 0.0779. The Morgan fingerprint density at radius 3 is 2.46 bits per heavy atom. The lowest BCUT2D eigenvalue weighted by Crippen LogP contribution is -2.21. The summed E-state index contributed by atoms with van der Waals surface area (Å²) in [5, 5.41) is 10.3. The molecule has 2 heterocycles. The highest BCUT2D eigenvalue weighted by Gasteiger charge is 2.28. The normalized spacial score (nSPS) is 14.8. The van der Waals surface area contributed by atoms with Gasteiger partial charge in [0.1, 0.15) is 6.61 Å². The Morgan fingerprint density at radius 2 is 1.66 bits per heavy atom. The van der Waals surface area contributed by atoms with E-state index in [2.05, 4.69) is 20.2 Å². The molecule has 4 aromatic rings. The molecular weight excluding hydrogens is 472 g/mol. The topological polar surface area (TPSA) is 133 Å². The molecule has 0 saturated carbocycles. The number of nitrogens with zero attached hydrogens (tertiary/aromatic N) is 2. The highest BCUT2D eigenvalue weighted by molar-refractivity contribution is 7.92. The van der Waals surface area contributed by atoms with Gasteiger partial charge >= 0.3 is 6.01 Å². The molecule has 10 nitrogen and oxygen atoms in total. The fourth-order valence-corrected chi connectivity index (χ4v) is 4.49. The fourth-order valence-electron chi connectivity index (χ4n) is 3.41. The predicted molar refractivity (Wildman–Crippen MR) is 126 cm³/mol. The molecule has 0 radical (unpaired) electrons. The van der Waals surface area contributed by atoms with Crippen LogP contribution in [0.1, 0.15) is 27.9 Å². The maximum Gasteiger partial charge on any atom is 0.322 e. The number of benzene rings is 3. The molecule has 0 saturated heterocycles. The number of ether oxygens (including phenoxy) is 2.